The van der Waals surface area contributed by atoms with Gasteiger partial charge in [-0.3, -0.25) is 14.4 Å². The molecule has 1 rings (SSSR count). The van der Waals surface area contributed by atoms with E-state index < -0.39 is 67.3 Å². The lowest BCUT2D eigenvalue weighted by molar-refractivity contribution is -0.301. The minimum absolute atomic E-state index is 0.0456. The monoisotopic (exact) mass is 1080 g/mol. The number of aliphatic hydroxyl groups is 2. The van der Waals surface area contributed by atoms with E-state index in [1.807, 2.05) is 0 Å². The Hall–Kier alpha value is -4.36. The van der Waals surface area contributed by atoms with Crippen molar-refractivity contribution in [3.63, 3.8) is 0 Å². The molecule has 438 valence electrons. The summed E-state index contributed by atoms with van der Waals surface area (Å²) in [6.07, 6.45) is 56.6. The fraction of sp³-hybridized carbons (Fsp3) is 0.692. The van der Waals surface area contributed by atoms with Gasteiger partial charge in [-0.25, -0.2) is 4.79 Å². The van der Waals surface area contributed by atoms with Crippen LogP contribution in [0.1, 0.15) is 239 Å². The van der Waals surface area contributed by atoms with Gasteiger partial charge in [0.05, 0.1) is 6.61 Å². The van der Waals surface area contributed by atoms with Crippen molar-refractivity contribution in [2.45, 2.75) is 276 Å². The molecule has 0 aromatic rings. The van der Waals surface area contributed by atoms with Gasteiger partial charge in [-0.1, -0.05) is 201 Å². The molecule has 0 spiro atoms. The molecule has 12 heteroatoms. The average molecular weight is 1080 g/mol. The zero-order chi connectivity index (χ0) is 56.1. The number of aliphatic hydroxyl groups excluding tert-OH is 2. The Morgan fingerprint density at radius 2 is 0.818 bits per heavy atom. The second kappa shape index (κ2) is 52.3. The molecule has 1 aliphatic rings. The van der Waals surface area contributed by atoms with Gasteiger partial charge in [0.15, 0.2) is 24.6 Å². The molecule has 0 saturated carbocycles. The van der Waals surface area contributed by atoms with Crippen LogP contribution in [0.25, 0.3) is 0 Å². The molecule has 0 aliphatic carbocycles. The molecular formula is C65H106O12. The highest BCUT2D eigenvalue weighted by Gasteiger charge is 2.50. The van der Waals surface area contributed by atoms with Crippen LogP contribution in [0.4, 0.5) is 0 Å². The first-order chi connectivity index (χ1) is 37.6. The Morgan fingerprint density at radius 3 is 1.29 bits per heavy atom. The number of hydrogen-bond acceptors (Lipinski definition) is 11. The summed E-state index contributed by atoms with van der Waals surface area (Å²) in [6, 6.07) is 0. The van der Waals surface area contributed by atoms with Crippen LogP contribution < -0.4 is 0 Å². The minimum Gasteiger partial charge on any atom is -0.479 e. The molecule has 0 amide bonds. The average Bonchev–Trinajstić information content (AvgIpc) is 3.42. The predicted molar refractivity (Wildman–Crippen MR) is 312 cm³/mol. The van der Waals surface area contributed by atoms with E-state index in [9.17, 15) is 34.5 Å². The first-order valence-corrected chi connectivity index (χ1v) is 30.2. The maximum absolute atomic E-state index is 13.1. The molecule has 12 nitrogen and oxygen atoms in total. The zero-order valence-corrected chi connectivity index (χ0v) is 48.2. The van der Waals surface area contributed by atoms with Crippen molar-refractivity contribution in [3.05, 3.63) is 97.2 Å². The van der Waals surface area contributed by atoms with E-state index >= 15 is 0 Å². The van der Waals surface area contributed by atoms with E-state index in [4.69, 9.17) is 23.7 Å². The highest BCUT2D eigenvalue weighted by atomic mass is 16.7. The van der Waals surface area contributed by atoms with Crippen molar-refractivity contribution in [3.8, 4) is 0 Å². The van der Waals surface area contributed by atoms with Crippen molar-refractivity contribution in [2.24, 2.45) is 0 Å². The van der Waals surface area contributed by atoms with Crippen LogP contribution in [-0.2, 0) is 42.9 Å². The lowest BCUT2D eigenvalue weighted by Gasteiger charge is -2.40. The number of carboxylic acids is 1. The summed E-state index contributed by atoms with van der Waals surface area (Å²) in [5, 5.41) is 31.5. The van der Waals surface area contributed by atoms with Gasteiger partial charge in [-0.05, 0) is 116 Å². The van der Waals surface area contributed by atoms with Crippen LogP contribution in [0.3, 0.4) is 0 Å². The standard InChI is InChI=1S/C65H106O12/c1-4-7-10-13-16-19-22-25-28-29-32-35-38-41-44-47-50-53-59(68)76-63-61(70)60(69)62(64(71)72)77-65(63)74-55-56(75-58(67)52-49-46-43-40-37-34-31-27-24-21-18-15-12-9-6-3)54-73-57(66)51-48-45-42-39-36-33-30-26-23-20-17-14-11-8-5-2/h8-9,11-12,17-18,20-21,25-28,30-31,36,39,56,60-63,65,69-70H,4-7,10,13-16,19,22-24,29,32-35,37-38,40-55H2,1-3H3,(H,71,72)/b11-8-,12-9-,20-17-,21-18-,28-25-,30-26-,31-27-,39-36-. The highest BCUT2D eigenvalue weighted by molar-refractivity contribution is 5.74. The first kappa shape index (κ1) is 70.7. The van der Waals surface area contributed by atoms with E-state index in [0.717, 1.165) is 128 Å². The molecule has 0 aromatic carbocycles. The van der Waals surface area contributed by atoms with Crippen LogP contribution in [0.2, 0.25) is 0 Å². The Kier molecular flexibility index (Phi) is 48.0. The third-order valence-electron chi connectivity index (χ3n) is 13.1. The summed E-state index contributed by atoms with van der Waals surface area (Å²) in [5.41, 5.74) is 0. The topological polar surface area (TPSA) is 175 Å². The van der Waals surface area contributed by atoms with Crippen molar-refractivity contribution in [1.82, 2.24) is 0 Å². The van der Waals surface area contributed by atoms with Crippen molar-refractivity contribution in [2.75, 3.05) is 13.2 Å². The van der Waals surface area contributed by atoms with Gasteiger partial charge in [-0.2, -0.15) is 0 Å². The molecule has 77 heavy (non-hydrogen) atoms. The van der Waals surface area contributed by atoms with Crippen LogP contribution >= 0.6 is 0 Å². The van der Waals surface area contributed by atoms with Crippen molar-refractivity contribution >= 4 is 23.9 Å². The number of allylic oxidation sites excluding steroid dienone is 16. The zero-order valence-electron chi connectivity index (χ0n) is 48.2. The number of unbranched alkanes of at least 4 members (excludes halogenated alkanes) is 20. The SMILES string of the molecule is CC/C=C\C/C=C\C/C=C\C/C=C\CCCCC(=O)OCC(COC1OC(C(=O)O)C(O)C(O)C1OC(=O)CCCCCCCCC/C=C\CCCCCCCC)OC(=O)CCCCCCC/C=C\C/C=C\C/C=C\CC. The van der Waals surface area contributed by atoms with Gasteiger partial charge in [0.25, 0.3) is 0 Å². The molecule has 0 aromatic heterocycles. The second-order valence-corrected chi connectivity index (χ2v) is 20.2. The maximum Gasteiger partial charge on any atom is 0.335 e. The lowest BCUT2D eigenvalue weighted by Crippen LogP contribution is -2.61. The molecule has 6 unspecified atom stereocenters. The third-order valence-corrected chi connectivity index (χ3v) is 13.1. The normalized spacial score (nSPS) is 18.7. The number of rotatable bonds is 50. The summed E-state index contributed by atoms with van der Waals surface area (Å²) >= 11 is 0. The molecule has 0 radical (unpaired) electrons. The first-order valence-electron chi connectivity index (χ1n) is 30.2. The smallest absolute Gasteiger partial charge is 0.335 e. The summed E-state index contributed by atoms with van der Waals surface area (Å²) in [5.74, 6) is -3.21. The quantitative estimate of drug-likeness (QED) is 0.0228. The Morgan fingerprint density at radius 1 is 0.442 bits per heavy atom. The molecule has 1 aliphatic heterocycles. The van der Waals surface area contributed by atoms with Gasteiger partial charge in [0.2, 0.25) is 0 Å². The van der Waals surface area contributed by atoms with Crippen LogP contribution in [0.5, 0.6) is 0 Å². The molecule has 3 N–H and O–H groups in total. The van der Waals surface area contributed by atoms with Gasteiger partial charge >= 0.3 is 23.9 Å². The summed E-state index contributed by atoms with van der Waals surface area (Å²) < 4.78 is 28.4. The Labute approximate surface area is 466 Å². The molecule has 0 bridgehead atoms. The van der Waals surface area contributed by atoms with E-state index in [0.29, 0.717) is 19.3 Å². The third kappa shape index (κ3) is 42.3. The van der Waals surface area contributed by atoms with E-state index in [1.54, 1.807) is 0 Å². The molecule has 1 fully saturated rings. The Balaban J connectivity index is 2.72. The predicted octanol–water partition coefficient (Wildman–Crippen LogP) is 15.7. The number of carbonyl (C=O) groups is 4. The van der Waals surface area contributed by atoms with Crippen LogP contribution in [0.15, 0.2) is 97.2 Å². The van der Waals surface area contributed by atoms with Gasteiger partial charge < -0.3 is 39.0 Å². The highest BCUT2D eigenvalue weighted by Crippen LogP contribution is 2.26. The number of esters is 3. The van der Waals surface area contributed by atoms with E-state index in [-0.39, 0.29) is 25.9 Å². The van der Waals surface area contributed by atoms with Gasteiger partial charge in [0.1, 0.15) is 18.8 Å². The molecule has 1 heterocycles. The summed E-state index contributed by atoms with van der Waals surface area (Å²) in [7, 11) is 0. The second-order valence-electron chi connectivity index (χ2n) is 20.2. The number of aliphatic carboxylic acids is 1. The Bertz CT molecular complexity index is 1710. The van der Waals surface area contributed by atoms with E-state index in [2.05, 4.69) is 118 Å². The number of ether oxygens (including phenoxy) is 5. The van der Waals surface area contributed by atoms with Crippen molar-refractivity contribution < 1.29 is 58.2 Å². The van der Waals surface area contributed by atoms with Crippen LogP contribution in [-0.4, -0.2) is 89.2 Å². The number of carboxylic acid groups (broad SMARTS) is 1. The molecule has 1 saturated heterocycles. The summed E-state index contributed by atoms with van der Waals surface area (Å²) in [4.78, 5) is 51.2. The largest absolute Gasteiger partial charge is 0.479 e. The van der Waals surface area contributed by atoms with Gasteiger partial charge in [0, 0.05) is 19.3 Å². The molecular weight excluding hydrogens is 973 g/mol. The number of carbonyl (C=O) groups excluding carboxylic acids is 3. The van der Waals surface area contributed by atoms with Crippen LogP contribution in [0, 0.1) is 0 Å². The maximum atomic E-state index is 13.1. The molecule has 6 atom stereocenters. The van der Waals surface area contributed by atoms with E-state index in [1.165, 1.54) is 51.4 Å². The lowest BCUT2D eigenvalue weighted by atomic mass is 9.98. The van der Waals surface area contributed by atoms with Crippen molar-refractivity contribution in [1.29, 1.82) is 0 Å². The summed E-state index contributed by atoms with van der Waals surface area (Å²) in [6.45, 7) is 5.71. The fourth-order valence-electron chi connectivity index (χ4n) is 8.54. The minimum atomic E-state index is -1.92. The number of hydrogen-bond donors (Lipinski definition) is 3. The van der Waals surface area contributed by atoms with Gasteiger partial charge in [-0.15, -0.1) is 0 Å². The fourth-order valence-corrected chi connectivity index (χ4v) is 8.54.